The SMILES string of the molecule is CCC1C(=O)N(CC2CCC(NC(=O)c3cc(C(F)(F)F)ccc3Cl)CC2)c2ccc(F)cc21. The Morgan fingerprint density at radius 2 is 1.82 bits per heavy atom. The van der Waals surface area contributed by atoms with Crippen molar-refractivity contribution in [3.05, 3.63) is 63.9 Å². The molecule has 2 aromatic carbocycles. The Morgan fingerprint density at radius 3 is 2.47 bits per heavy atom. The topological polar surface area (TPSA) is 49.4 Å². The van der Waals surface area contributed by atoms with Gasteiger partial charge in [-0.1, -0.05) is 18.5 Å². The van der Waals surface area contributed by atoms with Crippen LogP contribution in [0.3, 0.4) is 0 Å². The molecule has 2 aromatic rings. The van der Waals surface area contributed by atoms with Crippen molar-refractivity contribution in [2.45, 2.75) is 57.2 Å². The summed E-state index contributed by atoms with van der Waals surface area (Å²) >= 11 is 5.98. The fourth-order valence-electron chi connectivity index (χ4n) is 4.96. The van der Waals surface area contributed by atoms with Crippen molar-refractivity contribution in [2.24, 2.45) is 5.92 Å². The smallest absolute Gasteiger partial charge is 0.349 e. The molecule has 9 heteroatoms. The van der Waals surface area contributed by atoms with E-state index in [0.29, 0.717) is 25.8 Å². The van der Waals surface area contributed by atoms with Gasteiger partial charge in [0.05, 0.1) is 22.1 Å². The maximum absolute atomic E-state index is 13.7. The van der Waals surface area contributed by atoms with Crippen molar-refractivity contribution in [1.82, 2.24) is 5.32 Å². The number of hydrogen-bond acceptors (Lipinski definition) is 2. The summed E-state index contributed by atoms with van der Waals surface area (Å²) in [4.78, 5) is 27.3. The highest BCUT2D eigenvalue weighted by Gasteiger charge is 2.38. The van der Waals surface area contributed by atoms with E-state index < -0.39 is 17.6 Å². The highest BCUT2D eigenvalue weighted by atomic mass is 35.5. The van der Waals surface area contributed by atoms with Gasteiger partial charge >= 0.3 is 6.18 Å². The highest BCUT2D eigenvalue weighted by Crippen LogP contribution is 2.41. The summed E-state index contributed by atoms with van der Waals surface area (Å²) in [7, 11) is 0. The standard InChI is InChI=1S/C25H25ClF4N2O2/c1-2-18-19-12-16(27)6-10-22(19)32(24(18)34)13-14-3-7-17(8-4-14)31-23(33)20-11-15(25(28,29)30)5-9-21(20)26/h5-6,9-12,14,17-18H,2-4,7-8,13H2,1H3,(H,31,33). The molecule has 0 radical (unpaired) electrons. The molecule has 1 N–H and O–H groups in total. The van der Waals surface area contributed by atoms with Gasteiger partial charge < -0.3 is 10.2 Å². The van der Waals surface area contributed by atoms with E-state index in [4.69, 9.17) is 11.6 Å². The fourth-order valence-corrected chi connectivity index (χ4v) is 5.16. The van der Waals surface area contributed by atoms with Crippen molar-refractivity contribution < 1.29 is 27.2 Å². The lowest BCUT2D eigenvalue weighted by molar-refractivity contribution is -0.137. The van der Waals surface area contributed by atoms with Crippen LogP contribution in [0.1, 0.15) is 66.4 Å². The maximum Gasteiger partial charge on any atom is 0.416 e. The number of halogens is 5. The number of rotatable bonds is 5. The molecular formula is C25H25ClF4N2O2. The Hall–Kier alpha value is -2.61. The van der Waals surface area contributed by atoms with Gasteiger partial charge in [-0.05, 0) is 80.0 Å². The van der Waals surface area contributed by atoms with Crippen LogP contribution in [0.5, 0.6) is 0 Å². The second-order valence-corrected chi connectivity index (χ2v) is 9.40. The molecule has 1 fully saturated rings. The van der Waals surface area contributed by atoms with E-state index in [-0.39, 0.29) is 40.2 Å². The van der Waals surface area contributed by atoms with Crippen LogP contribution in [0.15, 0.2) is 36.4 Å². The Morgan fingerprint density at radius 1 is 1.12 bits per heavy atom. The number of anilines is 1. The Bertz CT molecular complexity index is 1100. The fraction of sp³-hybridized carbons (Fsp3) is 0.440. The Balaban J connectivity index is 1.37. The molecule has 1 unspecified atom stereocenters. The highest BCUT2D eigenvalue weighted by molar-refractivity contribution is 6.33. The number of fused-ring (bicyclic) bond motifs is 1. The molecule has 0 spiro atoms. The van der Waals surface area contributed by atoms with Gasteiger partial charge in [0.1, 0.15) is 5.82 Å². The first-order chi connectivity index (χ1) is 16.1. The molecule has 0 aromatic heterocycles. The van der Waals surface area contributed by atoms with E-state index in [9.17, 15) is 27.2 Å². The lowest BCUT2D eigenvalue weighted by atomic mass is 9.85. The van der Waals surface area contributed by atoms with Gasteiger partial charge in [-0.2, -0.15) is 13.2 Å². The van der Waals surface area contributed by atoms with Crippen LogP contribution < -0.4 is 10.2 Å². The molecule has 2 amide bonds. The molecule has 34 heavy (non-hydrogen) atoms. The molecule has 0 bridgehead atoms. The van der Waals surface area contributed by atoms with Gasteiger partial charge in [0.2, 0.25) is 5.91 Å². The molecule has 1 atom stereocenters. The van der Waals surface area contributed by atoms with Gasteiger partial charge in [-0.25, -0.2) is 4.39 Å². The number of nitrogens with zero attached hydrogens (tertiary/aromatic N) is 1. The molecule has 1 heterocycles. The zero-order chi connectivity index (χ0) is 24.6. The Labute approximate surface area is 200 Å². The Kier molecular flexibility index (Phi) is 6.90. The second-order valence-electron chi connectivity index (χ2n) is 9.00. The third kappa shape index (κ3) is 4.92. The van der Waals surface area contributed by atoms with Crippen molar-refractivity contribution in [1.29, 1.82) is 0 Å². The van der Waals surface area contributed by atoms with Crippen LogP contribution in [0.4, 0.5) is 23.2 Å². The van der Waals surface area contributed by atoms with Crippen LogP contribution in [0.25, 0.3) is 0 Å². The zero-order valence-electron chi connectivity index (χ0n) is 18.6. The van der Waals surface area contributed by atoms with Crippen LogP contribution in [-0.2, 0) is 11.0 Å². The van der Waals surface area contributed by atoms with E-state index in [2.05, 4.69) is 5.32 Å². The van der Waals surface area contributed by atoms with Crippen molar-refractivity contribution in [2.75, 3.05) is 11.4 Å². The number of alkyl halides is 3. The predicted molar refractivity (Wildman–Crippen MR) is 121 cm³/mol. The number of nitrogens with one attached hydrogen (secondary N) is 1. The van der Waals surface area contributed by atoms with E-state index in [1.54, 1.807) is 11.0 Å². The van der Waals surface area contributed by atoms with Crippen molar-refractivity contribution in [3.8, 4) is 0 Å². The van der Waals surface area contributed by atoms with Crippen LogP contribution in [0.2, 0.25) is 5.02 Å². The summed E-state index contributed by atoms with van der Waals surface area (Å²) < 4.78 is 52.7. The zero-order valence-corrected chi connectivity index (χ0v) is 19.3. The summed E-state index contributed by atoms with van der Waals surface area (Å²) in [6.07, 6.45) is -1.18. The number of carbonyl (C=O) groups excluding carboxylic acids is 2. The first-order valence-electron chi connectivity index (χ1n) is 11.4. The largest absolute Gasteiger partial charge is 0.416 e. The summed E-state index contributed by atoms with van der Waals surface area (Å²) in [5.74, 6) is -1.13. The van der Waals surface area contributed by atoms with Gasteiger partial charge in [0, 0.05) is 18.3 Å². The molecule has 1 aliphatic heterocycles. The third-order valence-corrected chi connectivity index (χ3v) is 7.12. The van der Waals surface area contributed by atoms with Gasteiger partial charge in [-0.3, -0.25) is 9.59 Å². The lowest BCUT2D eigenvalue weighted by Gasteiger charge is -2.32. The minimum absolute atomic E-state index is 0.0160. The van der Waals surface area contributed by atoms with Gasteiger partial charge in [0.25, 0.3) is 5.91 Å². The number of amides is 2. The predicted octanol–water partition coefficient (Wildman–Crippen LogP) is 6.33. The third-order valence-electron chi connectivity index (χ3n) is 6.79. The number of benzene rings is 2. The number of carbonyl (C=O) groups is 2. The minimum Gasteiger partial charge on any atom is -0.349 e. The maximum atomic E-state index is 13.7. The van der Waals surface area contributed by atoms with Crippen LogP contribution in [0, 0.1) is 11.7 Å². The van der Waals surface area contributed by atoms with E-state index >= 15 is 0 Å². The van der Waals surface area contributed by atoms with Crippen LogP contribution >= 0.6 is 11.6 Å². The summed E-state index contributed by atoms with van der Waals surface area (Å²) in [6, 6.07) is 6.97. The monoisotopic (exact) mass is 496 g/mol. The first-order valence-corrected chi connectivity index (χ1v) is 11.7. The molecule has 1 aliphatic carbocycles. The average molecular weight is 497 g/mol. The van der Waals surface area contributed by atoms with Gasteiger partial charge in [0.15, 0.2) is 0 Å². The van der Waals surface area contributed by atoms with Crippen molar-refractivity contribution in [3.63, 3.8) is 0 Å². The van der Waals surface area contributed by atoms with Gasteiger partial charge in [-0.15, -0.1) is 0 Å². The molecule has 4 rings (SSSR count). The van der Waals surface area contributed by atoms with E-state index in [0.717, 1.165) is 42.3 Å². The quantitative estimate of drug-likeness (QED) is 0.492. The molecular weight excluding hydrogens is 472 g/mol. The van der Waals surface area contributed by atoms with E-state index in [1.165, 1.54) is 12.1 Å². The average Bonchev–Trinajstić information content (AvgIpc) is 3.04. The molecule has 0 saturated heterocycles. The van der Waals surface area contributed by atoms with Crippen LogP contribution in [-0.4, -0.2) is 24.4 Å². The van der Waals surface area contributed by atoms with E-state index in [1.807, 2.05) is 6.92 Å². The lowest BCUT2D eigenvalue weighted by Crippen LogP contribution is -2.40. The molecule has 2 aliphatic rings. The minimum atomic E-state index is -4.56. The molecule has 4 nitrogen and oxygen atoms in total. The molecule has 1 saturated carbocycles. The summed E-state index contributed by atoms with van der Waals surface area (Å²) in [5, 5.41) is 2.77. The summed E-state index contributed by atoms with van der Waals surface area (Å²) in [6.45, 7) is 2.43. The first kappa shape index (κ1) is 24.5. The summed E-state index contributed by atoms with van der Waals surface area (Å²) in [5.41, 5.74) is 0.363. The van der Waals surface area contributed by atoms with Crippen molar-refractivity contribution >= 4 is 29.1 Å². The molecule has 182 valence electrons. The normalized spacial score (nSPS) is 22.6. The number of hydrogen-bond donors (Lipinski definition) is 1. The second kappa shape index (κ2) is 9.56.